The second-order valence-corrected chi connectivity index (χ2v) is 5.54. The molecule has 0 aromatic carbocycles. The average molecular weight is 333 g/mol. The number of hydrogen-bond donors (Lipinski definition) is 2. The number of alkyl halides is 1. The van der Waals surface area contributed by atoms with E-state index >= 15 is 0 Å². The lowest BCUT2D eigenvalue weighted by Gasteiger charge is -2.15. The molecule has 0 aliphatic rings. The standard InChI is InChI=1S/C16H20FN5O2/c1-5-24-12-9-19-14(20-10(2)23)8-11(12)21-13-6-7-18-15(22-13)16(3,4)17/h6-9H,5H2,1-4H3,(H2,18,19,20,21,22,23). The van der Waals surface area contributed by atoms with Gasteiger partial charge in [0.15, 0.2) is 17.2 Å². The van der Waals surface area contributed by atoms with Gasteiger partial charge in [0, 0.05) is 19.2 Å². The van der Waals surface area contributed by atoms with Gasteiger partial charge in [0.2, 0.25) is 5.91 Å². The molecule has 0 saturated carbocycles. The third-order valence-electron chi connectivity index (χ3n) is 2.92. The highest BCUT2D eigenvalue weighted by Gasteiger charge is 2.22. The number of aromatic nitrogens is 3. The first-order valence-electron chi connectivity index (χ1n) is 7.49. The number of hydrogen-bond acceptors (Lipinski definition) is 6. The average Bonchev–Trinajstić information content (AvgIpc) is 2.49. The normalized spacial score (nSPS) is 11.0. The van der Waals surface area contributed by atoms with Crippen molar-refractivity contribution in [2.75, 3.05) is 17.2 Å². The highest BCUT2D eigenvalue weighted by Crippen LogP contribution is 2.29. The third-order valence-corrected chi connectivity index (χ3v) is 2.92. The van der Waals surface area contributed by atoms with Crippen LogP contribution in [0.4, 0.5) is 21.7 Å². The van der Waals surface area contributed by atoms with Gasteiger partial charge in [-0.25, -0.2) is 19.3 Å². The number of anilines is 3. The first-order chi connectivity index (χ1) is 11.3. The number of nitrogens with one attached hydrogen (secondary N) is 2. The lowest BCUT2D eigenvalue weighted by atomic mass is 10.1. The van der Waals surface area contributed by atoms with Gasteiger partial charge in [0.05, 0.1) is 18.5 Å². The molecule has 0 fully saturated rings. The quantitative estimate of drug-likeness (QED) is 0.844. The number of carbonyl (C=O) groups is 1. The van der Waals surface area contributed by atoms with E-state index in [0.29, 0.717) is 29.7 Å². The van der Waals surface area contributed by atoms with E-state index in [4.69, 9.17) is 4.74 Å². The Kier molecular flexibility index (Phi) is 5.28. The van der Waals surface area contributed by atoms with E-state index < -0.39 is 5.67 Å². The van der Waals surface area contributed by atoms with Crippen molar-refractivity contribution in [3.63, 3.8) is 0 Å². The molecule has 2 N–H and O–H groups in total. The van der Waals surface area contributed by atoms with Gasteiger partial charge < -0.3 is 15.4 Å². The minimum atomic E-state index is -1.65. The Morgan fingerprint density at radius 2 is 2.08 bits per heavy atom. The largest absolute Gasteiger partial charge is 0.490 e. The number of nitrogens with zero attached hydrogens (tertiary/aromatic N) is 3. The van der Waals surface area contributed by atoms with E-state index in [1.54, 1.807) is 12.1 Å². The fraction of sp³-hybridized carbons (Fsp3) is 0.375. The number of rotatable bonds is 6. The van der Waals surface area contributed by atoms with E-state index in [2.05, 4.69) is 25.6 Å². The van der Waals surface area contributed by atoms with Gasteiger partial charge in [-0.2, -0.15) is 0 Å². The van der Waals surface area contributed by atoms with Crippen molar-refractivity contribution in [1.82, 2.24) is 15.0 Å². The summed E-state index contributed by atoms with van der Waals surface area (Å²) in [6.45, 7) is 6.46. The van der Waals surface area contributed by atoms with Crippen LogP contribution >= 0.6 is 0 Å². The Labute approximate surface area is 139 Å². The molecule has 2 aromatic rings. The molecule has 0 saturated heterocycles. The predicted molar refractivity (Wildman–Crippen MR) is 89.2 cm³/mol. The van der Waals surface area contributed by atoms with E-state index in [-0.39, 0.29) is 11.7 Å². The fourth-order valence-corrected chi connectivity index (χ4v) is 1.91. The molecule has 0 unspecified atom stereocenters. The smallest absolute Gasteiger partial charge is 0.222 e. The van der Waals surface area contributed by atoms with Crippen LogP contribution in [0.15, 0.2) is 24.5 Å². The molecule has 0 radical (unpaired) electrons. The Bertz CT molecular complexity index is 731. The first-order valence-corrected chi connectivity index (χ1v) is 7.49. The monoisotopic (exact) mass is 333 g/mol. The Morgan fingerprint density at radius 1 is 1.33 bits per heavy atom. The number of carbonyl (C=O) groups excluding carboxylic acids is 1. The van der Waals surface area contributed by atoms with Gasteiger partial charge in [0.25, 0.3) is 0 Å². The zero-order valence-electron chi connectivity index (χ0n) is 14.1. The second kappa shape index (κ2) is 7.20. The molecule has 2 aromatic heterocycles. The summed E-state index contributed by atoms with van der Waals surface area (Å²) in [4.78, 5) is 23.4. The Hall–Kier alpha value is -2.77. The van der Waals surface area contributed by atoms with Crippen molar-refractivity contribution < 1.29 is 13.9 Å². The van der Waals surface area contributed by atoms with Crippen molar-refractivity contribution in [2.45, 2.75) is 33.4 Å². The summed E-state index contributed by atoms with van der Waals surface area (Å²) in [6, 6.07) is 3.23. The van der Waals surface area contributed by atoms with E-state index in [9.17, 15) is 9.18 Å². The molecule has 0 atom stereocenters. The van der Waals surface area contributed by atoms with Gasteiger partial charge in [-0.3, -0.25) is 4.79 Å². The summed E-state index contributed by atoms with van der Waals surface area (Å²) in [5, 5.41) is 5.65. The molecule has 2 rings (SSSR count). The zero-order valence-corrected chi connectivity index (χ0v) is 14.1. The highest BCUT2D eigenvalue weighted by atomic mass is 19.1. The maximum atomic E-state index is 14.0. The van der Waals surface area contributed by atoms with Gasteiger partial charge in [0.1, 0.15) is 11.6 Å². The summed E-state index contributed by atoms with van der Waals surface area (Å²) >= 11 is 0. The molecule has 7 nitrogen and oxygen atoms in total. The molecular weight excluding hydrogens is 313 g/mol. The van der Waals surface area contributed by atoms with Crippen LogP contribution in [0.3, 0.4) is 0 Å². The molecule has 0 spiro atoms. The van der Waals surface area contributed by atoms with E-state index in [1.807, 2.05) is 6.92 Å². The Morgan fingerprint density at radius 3 is 2.71 bits per heavy atom. The minimum absolute atomic E-state index is 0.0709. The molecule has 0 aliphatic heterocycles. The van der Waals surface area contributed by atoms with Gasteiger partial charge in [-0.15, -0.1) is 0 Å². The van der Waals surface area contributed by atoms with Crippen LogP contribution in [-0.2, 0) is 10.5 Å². The van der Waals surface area contributed by atoms with Crippen molar-refractivity contribution in [1.29, 1.82) is 0 Å². The number of ether oxygens (including phenoxy) is 1. The van der Waals surface area contributed by atoms with Crippen LogP contribution < -0.4 is 15.4 Å². The minimum Gasteiger partial charge on any atom is -0.490 e. The Balaban J connectivity index is 2.34. The van der Waals surface area contributed by atoms with Crippen molar-refractivity contribution in [2.24, 2.45) is 0 Å². The lowest BCUT2D eigenvalue weighted by molar-refractivity contribution is -0.114. The molecule has 128 valence electrons. The molecular formula is C16H20FN5O2. The summed E-state index contributed by atoms with van der Waals surface area (Å²) < 4.78 is 19.5. The van der Waals surface area contributed by atoms with Crippen molar-refractivity contribution in [3.05, 3.63) is 30.4 Å². The topological polar surface area (TPSA) is 89.0 Å². The van der Waals surface area contributed by atoms with Gasteiger partial charge >= 0.3 is 0 Å². The number of halogens is 1. The van der Waals surface area contributed by atoms with Crippen molar-refractivity contribution >= 4 is 23.2 Å². The van der Waals surface area contributed by atoms with Crippen LogP contribution in [0.2, 0.25) is 0 Å². The first kappa shape index (κ1) is 17.6. The van der Waals surface area contributed by atoms with Gasteiger partial charge in [-0.1, -0.05) is 0 Å². The zero-order chi connectivity index (χ0) is 17.7. The second-order valence-electron chi connectivity index (χ2n) is 5.54. The maximum Gasteiger partial charge on any atom is 0.222 e. The van der Waals surface area contributed by atoms with Crippen LogP contribution in [0.5, 0.6) is 5.75 Å². The van der Waals surface area contributed by atoms with Crippen LogP contribution in [-0.4, -0.2) is 27.5 Å². The highest BCUT2D eigenvalue weighted by molar-refractivity contribution is 5.88. The molecule has 1 amide bonds. The molecule has 0 bridgehead atoms. The molecule has 0 aliphatic carbocycles. The predicted octanol–water partition coefficient (Wildman–Crippen LogP) is 3.18. The SMILES string of the molecule is CCOc1cnc(NC(C)=O)cc1Nc1ccnc(C(C)(C)F)n1. The fourth-order valence-electron chi connectivity index (χ4n) is 1.91. The molecule has 8 heteroatoms. The van der Waals surface area contributed by atoms with E-state index in [0.717, 1.165) is 0 Å². The lowest BCUT2D eigenvalue weighted by Crippen LogP contribution is -2.15. The number of pyridine rings is 1. The molecule has 24 heavy (non-hydrogen) atoms. The van der Waals surface area contributed by atoms with E-state index in [1.165, 1.54) is 33.2 Å². The molecule has 2 heterocycles. The summed E-state index contributed by atoms with van der Waals surface area (Å²) in [5.41, 5.74) is -1.10. The third kappa shape index (κ3) is 4.61. The summed E-state index contributed by atoms with van der Waals surface area (Å²) in [6.07, 6.45) is 2.97. The van der Waals surface area contributed by atoms with Crippen molar-refractivity contribution in [3.8, 4) is 5.75 Å². The van der Waals surface area contributed by atoms with Crippen LogP contribution in [0.25, 0.3) is 0 Å². The van der Waals surface area contributed by atoms with Crippen LogP contribution in [0, 0.1) is 0 Å². The number of amides is 1. The summed E-state index contributed by atoms with van der Waals surface area (Å²) in [5.74, 6) is 1.11. The maximum absolute atomic E-state index is 14.0. The summed E-state index contributed by atoms with van der Waals surface area (Å²) in [7, 11) is 0. The van der Waals surface area contributed by atoms with Gasteiger partial charge in [-0.05, 0) is 26.8 Å². The van der Waals surface area contributed by atoms with Crippen LogP contribution in [0.1, 0.15) is 33.5 Å².